The number of hydrogen-bond acceptors (Lipinski definition) is 4. The Balaban J connectivity index is 1.04. The first-order chi connectivity index (χ1) is 27.3. The van der Waals surface area contributed by atoms with Crippen molar-refractivity contribution in [2.45, 2.75) is 5.92 Å². The first-order valence-electron chi connectivity index (χ1n) is 18.9. The van der Waals surface area contributed by atoms with Crippen LogP contribution in [0, 0.1) is 5.92 Å². The van der Waals surface area contributed by atoms with E-state index in [1.807, 2.05) is 18.2 Å². The number of anilines is 2. The van der Waals surface area contributed by atoms with Crippen LogP contribution in [-0.2, 0) is 0 Å². The van der Waals surface area contributed by atoms with Crippen LogP contribution in [0.1, 0.15) is 11.5 Å². The van der Waals surface area contributed by atoms with Crippen molar-refractivity contribution in [2.75, 3.05) is 4.90 Å². The Morgan fingerprint density at radius 1 is 0.455 bits per heavy atom. The molecular formula is C51H34N4. The molecule has 4 heteroatoms. The summed E-state index contributed by atoms with van der Waals surface area (Å²) in [5, 5.41) is 4.70. The van der Waals surface area contributed by atoms with Gasteiger partial charge in [-0.1, -0.05) is 164 Å². The number of benzene rings is 7. The highest BCUT2D eigenvalue weighted by molar-refractivity contribution is 6.05. The summed E-state index contributed by atoms with van der Waals surface area (Å²) < 4.78 is 0. The van der Waals surface area contributed by atoms with Crippen molar-refractivity contribution in [2.24, 2.45) is 5.92 Å². The predicted octanol–water partition coefficient (Wildman–Crippen LogP) is 12.6. The topological polar surface area (TPSA) is 41.9 Å². The molecule has 3 aliphatic rings. The minimum Gasteiger partial charge on any atom is -0.313 e. The fourth-order valence-electron chi connectivity index (χ4n) is 8.64. The average Bonchev–Trinajstić information content (AvgIpc) is 3.60. The van der Waals surface area contributed by atoms with E-state index in [0.29, 0.717) is 23.4 Å². The van der Waals surface area contributed by atoms with Gasteiger partial charge in [0, 0.05) is 45.3 Å². The summed E-state index contributed by atoms with van der Waals surface area (Å²) >= 11 is 0. The molecule has 1 aliphatic heterocycles. The highest BCUT2D eigenvalue weighted by atomic mass is 15.2. The zero-order chi connectivity index (χ0) is 36.3. The van der Waals surface area contributed by atoms with Gasteiger partial charge >= 0.3 is 0 Å². The van der Waals surface area contributed by atoms with Gasteiger partial charge in [-0.2, -0.15) is 0 Å². The summed E-state index contributed by atoms with van der Waals surface area (Å²) in [6.07, 6.45) is 13.5. The van der Waals surface area contributed by atoms with Gasteiger partial charge < -0.3 is 4.90 Å². The van der Waals surface area contributed by atoms with Crippen LogP contribution >= 0.6 is 0 Å². The van der Waals surface area contributed by atoms with E-state index in [4.69, 9.17) is 15.0 Å². The molecule has 1 aromatic heterocycles. The molecule has 4 nitrogen and oxygen atoms in total. The highest BCUT2D eigenvalue weighted by Crippen LogP contribution is 2.56. The highest BCUT2D eigenvalue weighted by Gasteiger charge is 2.41. The third kappa shape index (κ3) is 5.25. The van der Waals surface area contributed by atoms with Crippen LogP contribution in [0.15, 0.2) is 205 Å². The van der Waals surface area contributed by atoms with Crippen LogP contribution in [0.5, 0.6) is 0 Å². The zero-order valence-electron chi connectivity index (χ0n) is 29.9. The molecule has 0 spiro atoms. The van der Waals surface area contributed by atoms with E-state index in [1.165, 1.54) is 38.9 Å². The van der Waals surface area contributed by atoms with Gasteiger partial charge in [-0.15, -0.1) is 0 Å². The van der Waals surface area contributed by atoms with Crippen molar-refractivity contribution in [1.82, 2.24) is 15.0 Å². The third-order valence-electron chi connectivity index (χ3n) is 11.3. The fraction of sp³-hybridized carbons (Fsp3) is 0.0392. The van der Waals surface area contributed by atoms with Gasteiger partial charge in [0.2, 0.25) is 0 Å². The first-order valence-corrected chi connectivity index (χ1v) is 18.9. The van der Waals surface area contributed by atoms with Crippen molar-refractivity contribution in [3.05, 3.63) is 211 Å². The maximum atomic E-state index is 5.20. The Hall–Kier alpha value is -7.17. The maximum absolute atomic E-state index is 5.20. The molecular weight excluding hydrogens is 669 g/mol. The van der Waals surface area contributed by atoms with Crippen molar-refractivity contribution >= 4 is 32.9 Å². The second-order valence-electron chi connectivity index (χ2n) is 14.4. The molecule has 55 heavy (non-hydrogen) atoms. The maximum Gasteiger partial charge on any atom is 0.164 e. The minimum atomic E-state index is 0.253. The number of rotatable bonds is 5. The summed E-state index contributed by atoms with van der Waals surface area (Å²) in [5.41, 5.74) is 11.6. The van der Waals surface area contributed by atoms with Gasteiger partial charge in [-0.05, 0) is 68.8 Å². The van der Waals surface area contributed by atoms with Crippen molar-refractivity contribution in [1.29, 1.82) is 0 Å². The molecule has 0 N–H and O–H groups in total. The number of hydrogen-bond donors (Lipinski definition) is 0. The number of para-hydroxylation sites is 1. The Morgan fingerprint density at radius 2 is 1.13 bits per heavy atom. The van der Waals surface area contributed by atoms with E-state index in [9.17, 15) is 0 Å². The second-order valence-corrected chi connectivity index (χ2v) is 14.4. The van der Waals surface area contributed by atoms with E-state index in [-0.39, 0.29) is 5.92 Å². The van der Waals surface area contributed by atoms with Crippen LogP contribution in [0.3, 0.4) is 0 Å². The second kappa shape index (κ2) is 12.8. The predicted molar refractivity (Wildman–Crippen MR) is 226 cm³/mol. The molecule has 0 bridgehead atoms. The fourth-order valence-corrected chi connectivity index (χ4v) is 8.64. The molecule has 11 rings (SSSR count). The van der Waals surface area contributed by atoms with Crippen LogP contribution in [-0.4, -0.2) is 15.0 Å². The van der Waals surface area contributed by atoms with Gasteiger partial charge in [0.05, 0.1) is 5.69 Å². The van der Waals surface area contributed by atoms with E-state index >= 15 is 0 Å². The van der Waals surface area contributed by atoms with Gasteiger partial charge in [0.15, 0.2) is 17.5 Å². The van der Waals surface area contributed by atoms with Gasteiger partial charge in [0.25, 0.3) is 0 Å². The molecule has 2 atom stereocenters. The molecule has 0 radical (unpaired) electrons. The van der Waals surface area contributed by atoms with Crippen LogP contribution < -0.4 is 4.90 Å². The molecule has 0 saturated carbocycles. The van der Waals surface area contributed by atoms with E-state index in [2.05, 4.69) is 181 Å². The molecule has 2 aliphatic carbocycles. The lowest BCUT2D eigenvalue weighted by Crippen LogP contribution is -2.21. The Morgan fingerprint density at radius 3 is 1.98 bits per heavy atom. The zero-order valence-corrected chi connectivity index (χ0v) is 29.9. The summed E-state index contributed by atoms with van der Waals surface area (Å²) in [4.78, 5) is 17.9. The van der Waals surface area contributed by atoms with Gasteiger partial charge in [-0.3, -0.25) is 0 Å². The SMILES string of the molecule is C1=CC2=CC=C3C(c4ccccc4N3c3ccc(-c4nc(-c5ccccc5)nc(-c5ccc(-c6ccc7ccccc7c6)cc5)n4)c4ccccc34)C2C=C1. The number of nitrogens with zero attached hydrogens (tertiary/aromatic N) is 4. The lowest BCUT2D eigenvalue weighted by Gasteiger charge is -2.31. The average molecular weight is 703 g/mol. The van der Waals surface area contributed by atoms with Crippen LogP contribution in [0.4, 0.5) is 11.4 Å². The summed E-state index contributed by atoms with van der Waals surface area (Å²) in [7, 11) is 0. The van der Waals surface area contributed by atoms with Crippen molar-refractivity contribution in [3.8, 4) is 45.3 Å². The van der Waals surface area contributed by atoms with Crippen LogP contribution in [0.25, 0.3) is 66.8 Å². The first kappa shape index (κ1) is 31.4. The monoisotopic (exact) mass is 702 g/mol. The molecule has 0 amide bonds. The third-order valence-corrected chi connectivity index (χ3v) is 11.3. The van der Waals surface area contributed by atoms with E-state index in [0.717, 1.165) is 38.7 Å². The minimum absolute atomic E-state index is 0.253. The van der Waals surface area contributed by atoms with Crippen molar-refractivity contribution < 1.29 is 0 Å². The lowest BCUT2D eigenvalue weighted by atomic mass is 9.76. The normalized spacial score (nSPS) is 16.8. The molecule has 8 aromatic rings. The number of aromatic nitrogens is 3. The van der Waals surface area contributed by atoms with Gasteiger partial charge in [0.1, 0.15) is 0 Å². The number of fused-ring (bicyclic) bond motifs is 7. The summed E-state index contributed by atoms with van der Waals surface area (Å²) in [5.74, 6) is 2.50. The molecule has 2 unspecified atom stereocenters. The molecule has 0 saturated heterocycles. The van der Waals surface area contributed by atoms with E-state index in [1.54, 1.807) is 0 Å². The van der Waals surface area contributed by atoms with E-state index < -0.39 is 0 Å². The smallest absolute Gasteiger partial charge is 0.164 e. The van der Waals surface area contributed by atoms with Gasteiger partial charge in [-0.25, -0.2) is 15.0 Å². The molecule has 258 valence electrons. The summed E-state index contributed by atoms with van der Waals surface area (Å²) in [6, 6.07) is 55.8. The Kier molecular flexibility index (Phi) is 7.27. The van der Waals surface area contributed by atoms with Crippen molar-refractivity contribution in [3.63, 3.8) is 0 Å². The molecule has 7 aromatic carbocycles. The quantitative estimate of drug-likeness (QED) is 0.179. The molecule has 0 fully saturated rings. The number of allylic oxidation sites excluding steroid dienone is 8. The van der Waals surface area contributed by atoms with Crippen LogP contribution in [0.2, 0.25) is 0 Å². The Bertz CT molecular complexity index is 2940. The summed E-state index contributed by atoms with van der Waals surface area (Å²) in [6.45, 7) is 0. The lowest BCUT2D eigenvalue weighted by molar-refractivity contribution is 0.651. The Labute approximate surface area is 319 Å². The molecule has 2 heterocycles. The largest absolute Gasteiger partial charge is 0.313 e. The standard InChI is InChI=1S/C51H34N4/c1-2-14-36(15-3-1)49-52-50(37-25-22-34(23-26-37)39-27-24-33-12-4-5-16-38(33)32-39)54-51(53-49)43-29-31-46(42-19-9-8-18-41(42)43)55-45-21-11-10-20-44(45)48-40-17-7-6-13-35(40)28-30-47(48)55/h1-32,40,48H.